The van der Waals surface area contributed by atoms with E-state index >= 15 is 0 Å². The first-order valence-corrected chi connectivity index (χ1v) is 7.02. The summed E-state index contributed by atoms with van der Waals surface area (Å²) in [6, 6.07) is 21.7. The molecule has 3 aromatic rings. The summed E-state index contributed by atoms with van der Waals surface area (Å²) in [6.07, 6.45) is 1.09. The molecule has 0 saturated carbocycles. The van der Waals surface area contributed by atoms with Gasteiger partial charge in [0.05, 0.1) is 7.11 Å². The van der Waals surface area contributed by atoms with Gasteiger partial charge < -0.3 is 4.74 Å². The molecule has 0 radical (unpaired) electrons. The summed E-state index contributed by atoms with van der Waals surface area (Å²) in [5.74, 6) is 1.45. The van der Waals surface area contributed by atoms with E-state index in [0.717, 1.165) is 12.2 Å². The zero-order valence-electron chi connectivity index (χ0n) is 11.5. The lowest BCUT2D eigenvalue weighted by molar-refractivity contribution is 0.419. The molecule has 0 amide bonds. The molecule has 0 bridgehead atoms. The van der Waals surface area contributed by atoms with Crippen LogP contribution in [0.3, 0.4) is 0 Å². The van der Waals surface area contributed by atoms with Crippen molar-refractivity contribution in [2.24, 2.45) is 0 Å². The van der Waals surface area contributed by atoms with Crippen molar-refractivity contribution in [1.29, 1.82) is 0 Å². The highest BCUT2D eigenvalue weighted by Gasteiger charge is 2.26. The molecule has 1 aliphatic carbocycles. The third kappa shape index (κ3) is 1.56. The molecular weight excluding hydrogens is 244 g/mol. The number of benzene rings is 3. The van der Waals surface area contributed by atoms with Gasteiger partial charge in [0, 0.05) is 11.3 Å². The minimum absolute atomic E-state index is 0.474. The fourth-order valence-corrected chi connectivity index (χ4v) is 3.44. The van der Waals surface area contributed by atoms with E-state index in [1.807, 2.05) is 0 Å². The first-order valence-electron chi connectivity index (χ1n) is 7.02. The van der Waals surface area contributed by atoms with E-state index in [0.29, 0.717) is 5.92 Å². The zero-order chi connectivity index (χ0) is 13.5. The van der Waals surface area contributed by atoms with Crippen molar-refractivity contribution in [3.63, 3.8) is 0 Å². The van der Waals surface area contributed by atoms with Gasteiger partial charge in [-0.05, 0) is 34.6 Å². The summed E-state index contributed by atoms with van der Waals surface area (Å²) >= 11 is 0. The molecule has 0 spiro atoms. The smallest absolute Gasteiger partial charge is 0.126 e. The lowest BCUT2D eigenvalue weighted by Crippen LogP contribution is -1.98. The van der Waals surface area contributed by atoms with Crippen molar-refractivity contribution < 1.29 is 4.74 Å². The molecule has 98 valence electrons. The molecule has 0 heterocycles. The van der Waals surface area contributed by atoms with Gasteiger partial charge in [-0.2, -0.15) is 0 Å². The maximum atomic E-state index is 5.51. The van der Waals surface area contributed by atoms with Gasteiger partial charge in [-0.15, -0.1) is 0 Å². The lowest BCUT2D eigenvalue weighted by atomic mass is 9.92. The summed E-state index contributed by atoms with van der Waals surface area (Å²) in [6.45, 7) is 0. The Hall–Kier alpha value is -2.28. The summed E-state index contributed by atoms with van der Waals surface area (Å²) in [5, 5.41) is 2.63. The van der Waals surface area contributed by atoms with Crippen molar-refractivity contribution in [2.75, 3.05) is 7.11 Å². The predicted molar refractivity (Wildman–Crippen MR) is 82.5 cm³/mol. The van der Waals surface area contributed by atoms with Gasteiger partial charge in [-0.1, -0.05) is 54.6 Å². The van der Waals surface area contributed by atoms with E-state index < -0.39 is 0 Å². The van der Waals surface area contributed by atoms with Crippen LogP contribution in [-0.4, -0.2) is 7.11 Å². The van der Waals surface area contributed by atoms with Gasteiger partial charge in [-0.25, -0.2) is 0 Å². The number of methoxy groups -OCH3 is 1. The van der Waals surface area contributed by atoms with Crippen LogP contribution in [0.1, 0.15) is 22.6 Å². The summed E-state index contributed by atoms with van der Waals surface area (Å²) in [7, 11) is 1.74. The van der Waals surface area contributed by atoms with Crippen molar-refractivity contribution in [1.82, 2.24) is 0 Å². The number of rotatable bonds is 2. The molecule has 0 aromatic heterocycles. The average molecular weight is 260 g/mol. The average Bonchev–Trinajstić information content (AvgIpc) is 2.89. The Bertz CT molecular complexity index is 774. The van der Waals surface area contributed by atoms with Gasteiger partial charge in [0.25, 0.3) is 0 Å². The monoisotopic (exact) mass is 260 g/mol. The fourth-order valence-electron chi connectivity index (χ4n) is 3.44. The highest BCUT2D eigenvalue weighted by atomic mass is 16.5. The molecule has 1 heteroatoms. The van der Waals surface area contributed by atoms with E-state index in [9.17, 15) is 0 Å². The van der Waals surface area contributed by atoms with Crippen LogP contribution in [0.4, 0.5) is 0 Å². The molecular formula is C19H16O. The Labute approximate surface area is 118 Å². The lowest BCUT2D eigenvalue weighted by Gasteiger charge is -2.13. The largest absolute Gasteiger partial charge is 0.496 e. The Morgan fingerprint density at radius 1 is 0.900 bits per heavy atom. The van der Waals surface area contributed by atoms with Crippen LogP contribution in [0.25, 0.3) is 10.8 Å². The van der Waals surface area contributed by atoms with Crippen LogP contribution >= 0.6 is 0 Å². The van der Waals surface area contributed by atoms with E-state index in [-0.39, 0.29) is 0 Å². The van der Waals surface area contributed by atoms with Crippen LogP contribution < -0.4 is 4.74 Å². The van der Waals surface area contributed by atoms with Gasteiger partial charge in [0.2, 0.25) is 0 Å². The summed E-state index contributed by atoms with van der Waals surface area (Å²) in [5.41, 5.74) is 4.27. The van der Waals surface area contributed by atoms with Crippen LogP contribution in [0.15, 0.2) is 60.7 Å². The normalized spacial score (nSPS) is 16.6. The highest BCUT2D eigenvalue weighted by Crippen LogP contribution is 2.44. The number of hydrogen-bond donors (Lipinski definition) is 0. The van der Waals surface area contributed by atoms with E-state index in [2.05, 4.69) is 60.7 Å². The Morgan fingerprint density at radius 3 is 2.55 bits per heavy atom. The molecule has 20 heavy (non-hydrogen) atoms. The fraction of sp³-hybridized carbons (Fsp3) is 0.158. The van der Waals surface area contributed by atoms with Gasteiger partial charge in [0.15, 0.2) is 0 Å². The highest BCUT2D eigenvalue weighted by molar-refractivity contribution is 5.96. The minimum Gasteiger partial charge on any atom is -0.496 e. The molecule has 1 aliphatic rings. The summed E-state index contributed by atoms with van der Waals surface area (Å²) < 4.78 is 5.51. The Balaban J connectivity index is 1.96. The van der Waals surface area contributed by atoms with Crippen LogP contribution in [0.5, 0.6) is 5.75 Å². The second-order valence-electron chi connectivity index (χ2n) is 5.36. The van der Waals surface area contributed by atoms with Crippen LogP contribution in [-0.2, 0) is 6.42 Å². The van der Waals surface area contributed by atoms with Gasteiger partial charge >= 0.3 is 0 Å². The molecule has 3 aromatic carbocycles. The third-order valence-corrected chi connectivity index (χ3v) is 4.34. The van der Waals surface area contributed by atoms with E-state index in [1.165, 1.54) is 27.5 Å². The molecule has 1 atom stereocenters. The quantitative estimate of drug-likeness (QED) is 0.657. The molecule has 0 aliphatic heterocycles. The second-order valence-corrected chi connectivity index (χ2v) is 5.36. The van der Waals surface area contributed by atoms with Gasteiger partial charge in [-0.3, -0.25) is 0 Å². The third-order valence-electron chi connectivity index (χ3n) is 4.34. The topological polar surface area (TPSA) is 9.23 Å². The van der Waals surface area contributed by atoms with E-state index in [1.54, 1.807) is 7.11 Å². The van der Waals surface area contributed by atoms with Crippen molar-refractivity contribution >= 4 is 10.8 Å². The Kier molecular flexibility index (Phi) is 2.53. The molecule has 0 saturated heterocycles. The summed E-state index contributed by atoms with van der Waals surface area (Å²) in [4.78, 5) is 0. The van der Waals surface area contributed by atoms with E-state index in [4.69, 9.17) is 4.74 Å². The Morgan fingerprint density at radius 2 is 1.75 bits per heavy atom. The van der Waals surface area contributed by atoms with Crippen molar-refractivity contribution in [3.8, 4) is 5.75 Å². The van der Waals surface area contributed by atoms with Crippen LogP contribution in [0.2, 0.25) is 0 Å². The molecule has 4 rings (SSSR count). The molecule has 1 nitrogen and oxygen atoms in total. The minimum atomic E-state index is 0.474. The SMILES string of the molecule is COc1ccc2c3c(cccc13)CC2c1ccccc1. The maximum absolute atomic E-state index is 5.51. The van der Waals surface area contributed by atoms with Crippen molar-refractivity contribution in [3.05, 3.63) is 77.4 Å². The standard InChI is InChI=1S/C19H16O/c1-20-18-11-10-15-17(13-6-3-2-4-7-13)12-14-8-5-9-16(18)19(14)15/h2-11,17H,12H2,1H3. The van der Waals surface area contributed by atoms with Gasteiger partial charge in [0.1, 0.15) is 5.75 Å². The number of hydrogen-bond acceptors (Lipinski definition) is 1. The molecule has 0 fully saturated rings. The number of ether oxygens (including phenoxy) is 1. The second kappa shape index (κ2) is 4.38. The zero-order valence-corrected chi connectivity index (χ0v) is 11.5. The van der Waals surface area contributed by atoms with Crippen LogP contribution in [0, 0.1) is 0 Å². The maximum Gasteiger partial charge on any atom is 0.126 e. The predicted octanol–water partition coefficient (Wildman–Crippen LogP) is 4.54. The first kappa shape index (κ1) is 11.5. The first-order chi connectivity index (χ1) is 9.88. The molecule has 1 unspecified atom stereocenters. The van der Waals surface area contributed by atoms with Crippen molar-refractivity contribution in [2.45, 2.75) is 12.3 Å². The molecule has 0 N–H and O–H groups in total.